The Hall–Kier alpha value is -2.96. The van der Waals surface area contributed by atoms with Gasteiger partial charge in [-0.05, 0) is 60.8 Å². The molecule has 2 saturated carbocycles. The molecular weight excluding hydrogens is 396 g/mol. The summed E-state index contributed by atoms with van der Waals surface area (Å²) in [6.45, 7) is 2.39. The predicted octanol–water partition coefficient (Wildman–Crippen LogP) is 2.64. The minimum absolute atomic E-state index is 0.0484. The minimum Gasteiger partial charge on any atom is -0.462 e. The zero-order chi connectivity index (χ0) is 21.7. The van der Waals surface area contributed by atoms with E-state index in [-0.39, 0.29) is 54.4 Å². The average molecular weight is 422 g/mol. The number of ether oxygens (including phenoxy) is 1. The maximum Gasteiger partial charge on any atom is 0.338 e. The Bertz CT molecular complexity index is 933. The van der Waals surface area contributed by atoms with Crippen LogP contribution in [0.15, 0.2) is 36.4 Å². The second-order valence-electron chi connectivity index (χ2n) is 8.99. The predicted molar refractivity (Wildman–Crippen MR) is 112 cm³/mol. The molecule has 0 aromatic heterocycles. The number of hydrogen-bond acceptors (Lipinski definition) is 5. The molecule has 1 aliphatic heterocycles. The highest BCUT2D eigenvalue weighted by Crippen LogP contribution is 2.65. The first-order chi connectivity index (χ1) is 15.0. The van der Waals surface area contributed by atoms with Crippen LogP contribution in [0.1, 0.15) is 36.5 Å². The highest BCUT2D eigenvalue weighted by Gasteiger charge is 2.66. The van der Waals surface area contributed by atoms with Gasteiger partial charge < -0.3 is 10.1 Å². The summed E-state index contributed by atoms with van der Waals surface area (Å²) in [7, 11) is 0. The normalized spacial score (nSPS) is 32.0. The number of carbonyl (C=O) groups excluding carboxylic acids is 4. The van der Waals surface area contributed by atoms with Crippen LogP contribution in [0.3, 0.4) is 0 Å². The number of amides is 3. The van der Waals surface area contributed by atoms with Gasteiger partial charge in [0.25, 0.3) is 0 Å². The van der Waals surface area contributed by atoms with Crippen molar-refractivity contribution in [3.05, 3.63) is 42.0 Å². The molecule has 7 nitrogen and oxygen atoms in total. The Labute approximate surface area is 180 Å². The first-order valence-electron chi connectivity index (χ1n) is 11.1. The van der Waals surface area contributed by atoms with E-state index in [0.29, 0.717) is 29.7 Å². The van der Waals surface area contributed by atoms with Gasteiger partial charge in [-0.3, -0.25) is 19.3 Å². The van der Waals surface area contributed by atoms with E-state index in [4.69, 9.17) is 4.74 Å². The molecule has 1 aromatic carbocycles. The number of carbonyl (C=O) groups is 4. The summed E-state index contributed by atoms with van der Waals surface area (Å²) in [6.07, 6.45) is 6.22. The Morgan fingerprint density at radius 2 is 1.65 bits per heavy atom. The third-order valence-corrected chi connectivity index (χ3v) is 7.16. The van der Waals surface area contributed by atoms with Crippen LogP contribution in [-0.2, 0) is 19.1 Å². The van der Waals surface area contributed by atoms with Gasteiger partial charge in [-0.25, -0.2) is 4.79 Å². The molecule has 0 unspecified atom stereocenters. The SMILES string of the molecule is CCCOC(=O)c1ccc(NC(=O)CCN2C(=O)[C@@H]3[C@H]4C=C[C@@H]([C@@H]5C[C@H]45)[C@@H]3C2=O)cc1. The molecule has 1 saturated heterocycles. The second kappa shape index (κ2) is 7.62. The molecule has 6 rings (SSSR count). The fourth-order valence-corrected chi connectivity index (χ4v) is 5.64. The molecule has 2 bridgehead atoms. The van der Waals surface area contributed by atoms with Crippen LogP contribution >= 0.6 is 0 Å². The molecule has 7 heteroatoms. The van der Waals surface area contributed by atoms with Gasteiger partial charge in [-0.1, -0.05) is 19.1 Å². The van der Waals surface area contributed by atoms with Crippen molar-refractivity contribution in [2.75, 3.05) is 18.5 Å². The summed E-state index contributed by atoms with van der Waals surface area (Å²) in [5, 5.41) is 2.76. The minimum atomic E-state index is -0.395. The van der Waals surface area contributed by atoms with Gasteiger partial charge in [-0.2, -0.15) is 0 Å². The maximum atomic E-state index is 12.9. The Morgan fingerprint density at radius 3 is 2.23 bits per heavy atom. The van der Waals surface area contributed by atoms with E-state index < -0.39 is 5.97 Å². The van der Waals surface area contributed by atoms with Gasteiger partial charge >= 0.3 is 5.97 Å². The van der Waals surface area contributed by atoms with Gasteiger partial charge in [0, 0.05) is 18.7 Å². The number of anilines is 1. The molecule has 31 heavy (non-hydrogen) atoms. The van der Waals surface area contributed by atoms with E-state index in [1.165, 1.54) is 4.90 Å². The topological polar surface area (TPSA) is 92.8 Å². The fourth-order valence-electron chi connectivity index (χ4n) is 5.64. The summed E-state index contributed by atoms with van der Waals surface area (Å²) in [4.78, 5) is 51.4. The van der Waals surface area contributed by atoms with Crippen molar-refractivity contribution in [1.29, 1.82) is 0 Å². The summed E-state index contributed by atoms with van der Waals surface area (Å²) >= 11 is 0. The van der Waals surface area contributed by atoms with Crippen LogP contribution in [0.2, 0.25) is 0 Å². The second-order valence-corrected chi connectivity index (χ2v) is 8.99. The van der Waals surface area contributed by atoms with Crippen LogP contribution in [0.25, 0.3) is 0 Å². The lowest BCUT2D eigenvalue weighted by atomic mass is 9.63. The number of likely N-dealkylation sites (tertiary alicyclic amines) is 1. The zero-order valence-electron chi connectivity index (χ0n) is 17.5. The number of nitrogens with zero attached hydrogens (tertiary/aromatic N) is 1. The van der Waals surface area contributed by atoms with Gasteiger partial charge in [0.05, 0.1) is 24.0 Å². The van der Waals surface area contributed by atoms with Crippen molar-refractivity contribution in [1.82, 2.24) is 4.90 Å². The van der Waals surface area contributed by atoms with Crippen molar-refractivity contribution >= 4 is 29.4 Å². The molecule has 0 spiro atoms. The van der Waals surface area contributed by atoms with Crippen molar-refractivity contribution in [2.45, 2.75) is 26.2 Å². The van der Waals surface area contributed by atoms with Gasteiger partial charge in [0.15, 0.2) is 0 Å². The summed E-state index contributed by atoms with van der Waals surface area (Å²) in [5.41, 5.74) is 0.968. The van der Waals surface area contributed by atoms with Crippen molar-refractivity contribution in [2.24, 2.45) is 35.5 Å². The Balaban J connectivity index is 1.16. The quantitative estimate of drug-likeness (QED) is 0.414. The van der Waals surface area contributed by atoms with Crippen molar-refractivity contribution in [3.8, 4) is 0 Å². The largest absolute Gasteiger partial charge is 0.462 e. The van der Waals surface area contributed by atoms with Crippen LogP contribution in [-0.4, -0.2) is 41.7 Å². The molecule has 1 heterocycles. The molecule has 0 radical (unpaired) electrons. The molecule has 6 atom stereocenters. The van der Waals surface area contributed by atoms with E-state index in [9.17, 15) is 19.2 Å². The van der Waals surface area contributed by atoms with Crippen LogP contribution in [0.4, 0.5) is 5.69 Å². The number of hydrogen-bond donors (Lipinski definition) is 1. The van der Waals surface area contributed by atoms with Crippen molar-refractivity contribution < 1.29 is 23.9 Å². The third kappa shape index (κ3) is 3.36. The highest BCUT2D eigenvalue weighted by molar-refractivity contribution is 6.06. The Kier molecular flexibility index (Phi) is 4.91. The molecule has 4 aliphatic carbocycles. The molecule has 5 aliphatic rings. The number of rotatable bonds is 7. The number of imide groups is 1. The molecule has 1 N–H and O–H groups in total. The number of esters is 1. The third-order valence-electron chi connectivity index (χ3n) is 7.16. The number of nitrogens with one attached hydrogen (secondary N) is 1. The molecule has 1 aromatic rings. The first kappa shape index (κ1) is 20.0. The molecule has 3 amide bonds. The number of benzene rings is 1. The monoisotopic (exact) mass is 422 g/mol. The lowest BCUT2D eigenvalue weighted by molar-refractivity contribution is -0.140. The molecule has 3 fully saturated rings. The summed E-state index contributed by atoms with van der Waals surface area (Å²) in [5.74, 6) is 0.176. The van der Waals surface area contributed by atoms with Crippen LogP contribution in [0.5, 0.6) is 0 Å². The lowest BCUT2D eigenvalue weighted by Crippen LogP contribution is -2.40. The summed E-state index contributed by atoms with van der Waals surface area (Å²) < 4.78 is 5.08. The van der Waals surface area contributed by atoms with E-state index in [0.717, 1.165) is 12.8 Å². The maximum absolute atomic E-state index is 12.9. The number of allylic oxidation sites excluding steroid dienone is 2. The average Bonchev–Trinajstić information content (AvgIpc) is 3.56. The van der Waals surface area contributed by atoms with Crippen LogP contribution < -0.4 is 5.32 Å². The highest BCUT2D eigenvalue weighted by atomic mass is 16.5. The fraction of sp³-hybridized carbons (Fsp3) is 0.500. The van der Waals surface area contributed by atoms with Crippen LogP contribution in [0, 0.1) is 35.5 Å². The van der Waals surface area contributed by atoms with E-state index >= 15 is 0 Å². The van der Waals surface area contributed by atoms with Gasteiger partial charge in [0.2, 0.25) is 17.7 Å². The van der Waals surface area contributed by atoms with E-state index in [1.807, 2.05) is 6.92 Å². The standard InChI is InChI=1S/C24H26N2O5/c1-2-11-31-24(30)13-3-5-14(6-4-13)25-19(27)9-10-26-22(28)20-15-7-8-16(18-12-17(15)18)21(20)23(26)29/h3-8,15-18,20-21H,2,9-12H2,1H3,(H,25,27)/t15-,16-,17-,18+,20-,21+/m0/s1. The Morgan fingerprint density at radius 1 is 1.03 bits per heavy atom. The molecular formula is C24H26N2O5. The van der Waals surface area contributed by atoms with E-state index in [1.54, 1.807) is 24.3 Å². The summed E-state index contributed by atoms with van der Waals surface area (Å²) in [6, 6.07) is 6.47. The molecule has 162 valence electrons. The lowest BCUT2D eigenvalue weighted by Gasteiger charge is -2.37. The van der Waals surface area contributed by atoms with Gasteiger partial charge in [-0.15, -0.1) is 0 Å². The van der Waals surface area contributed by atoms with Crippen molar-refractivity contribution in [3.63, 3.8) is 0 Å². The smallest absolute Gasteiger partial charge is 0.338 e. The van der Waals surface area contributed by atoms with E-state index in [2.05, 4.69) is 17.5 Å². The first-order valence-corrected chi connectivity index (χ1v) is 11.1. The zero-order valence-corrected chi connectivity index (χ0v) is 17.5. The van der Waals surface area contributed by atoms with Gasteiger partial charge in [0.1, 0.15) is 0 Å².